The molecule has 0 radical (unpaired) electrons. The Bertz CT molecular complexity index is 1290. The second kappa shape index (κ2) is 10.1. The van der Waals surface area contributed by atoms with Gasteiger partial charge in [0.2, 0.25) is 0 Å². The Labute approximate surface area is 207 Å². The molecule has 34 heavy (non-hydrogen) atoms. The van der Waals surface area contributed by atoms with Crippen LogP contribution in [0.5, 0.6) is 0 Å². The van der Waals surface area contributed by atoms with Crippen LogP contribution in [-0.4, -0.2) is 22.6 Å². The first-order valence-corrected chi connectivity index (χ1v) is 11.3. The van der Waals surface area contributed by atoms with Gasteiger partial charge in [0.1, 0.15) is 10.7 Å². The number of amides is 3. The molecule has 0 atom stereocenters. The van der Waals surface area contributed by atoms with Crippen molar-refractivity contribution in [2.75, 3.05) is 5.32 Å². The highest BCUT2D eigenvalue weighted by atomic mass is 35.5. The molecule has 172 valence electrons. The predicted molar refractivity (Wildman–Crippen MR) is 132 cm³/mol. The van der Waals surface area contributed by atoms with Crippen LogP contribution in [0.4, 0.5) is 5.69 Å². The van der Waals surface area contributed by atoms with Gasteiger partial charge in [0.25, 0.3) is 17.7 Å². The van der Waals surface area contributed by atoms with E-state index < -0.39 is 11.8 Å². The van der Waals surface area contributed by atoms with Crippen LogP contribution in [0.3, 0.4) is 0 Å². The molecule has 3 amide bonds. The van der Waals surface area contributed by atoms with Crippen molar-refractivity contribution in [1.82, 2.24) is 10.2 Å². The zero-order valence-corrected chi connectivity index (χ0v) is 19.8. The zero-order chi connectivity index (χ0) is 24.2. The predicted octanol–water partition coefficient (Wildman–Crippen LogP) is 5.01. The van der Waals surface area contributed by atoms with Gasteiger partial charge in [-0.2, -0.15) is 0 Å². The summed E-state index contributed by atoms with van der Waals surface area (Å²) in [4.78, 5) is 38.9. The Hall–Kier alpha value is -3.61. The molecule has 1 aliphatic heterocycles. The number of rotatable bonds is 7. The molecule has 0 unspecified atom stereocenters. The lowest BCUT2D eigenvalue weighted by molar-refractivity contribution is -0.138. The zero-order valence-electron chi connectivity index (χ0n) is 18.3. The summed E-state index contributed by atoms with van der Waals surface area (Å²) in [6.07, 6.45) is 0. The number of hydrogen-bond donors (Lipinski definition) is 2. The minimum Gasteiger partial charge on any atom is -0.375 e. The van der Waals surface area contributed by atoms with Gasteiger partial charge in [-0.3, -0.25) is 19.3 Å². The number of nitrogens with zero attached hydrogens (tertiary/aromatic N) is 1. The van der Waals surface area contributed by atoms with Crippen molar-refractivity contribution in [3.63, 3.8) is 0 Å². The molecule has 8 heteroatoms. The molecule has 3 aromatic carbocycles. The minimum absolute atomic E-state index is 0.0701. The fraction of sp³-hybridized carbons (Fsp3) is 0.115. The van der Waals surface area contributed by atoms with E-state index in [0.29, 0.717) is 16.3 Å². The van der Waals surface area contributed by atoms with Gasteiger partial charge in [-0.25, -0.2) is 0 Å². The normalized spacial score (nSPS) is 13.4. The maximum atomic E-state index is 12.8. The number of nitrogens with one attached hydrogen (secondary N) is 2. The summed E-state index contributed by atoms with van der Waals surface area (Å²) in [7, 11) is 0. The fourth-order valence-electron chi connectivity index (χ4n) is 3.45. The van der Waals surface area contributed by atoms with E-state index in [1.54, 1.807) is 36.4 Å². The number of benzene rings is 3. The van der Waals surface area contributed by atoms with Crippen molar-refractivity contribution in [3.8, 4) is 0 Å². The SMILES string of the molecule is Cc1ccc(NC(=O)c2ccc(CNC3=C(Cl)C(=O)N(Cc4ccccc4)C3=O)cc2)cc1Cl. The van der Waals surface area contributed by atoms with Crippen molar-refractivity contribution in [2.24, 2.45) is 0 Å². The molecule has 1 aliphatic rings. The first-order valence-electron chi connectivity index (χ1n) is 10.5. The third-order valence-corrected chi connectivity index (χ3v) is 6.17. The summed E-state index contributed by atoms with van der Waals surface area (Å²) in [6.45, 7) is 2.30. The minimum atomic E-state index is -0.527. The van der Waals surface area contributed by atoms with E-state index in [9.17, 15) is 14.4 Å². The number of halogens is 2. The molecule has 0 bridgehead atoms. The first kappa shape index (κ1) is 23.5. The molecule has 3 aromatic rings. The lowest BCUT2D eigenvalue weighted by Crippen LogP contribution is -2.33. The molecule has 0 aromatic heterocycles. The summed E-state index contributed by atoms with van der Waals surface area (Å²) < 4.78 is 0. The lowest BCUT2D eigenvalue weighted by atomic mass is 10.1. The summed E-state index contributed by atoms with van der Waals surface area (Å²) in [5.41, 5.74) is 3.72. The molecular formula is C26H21Cl2N3O3. The van der Waals surface area contributed by atoms with Gasteiger partial charge >= 0.3 is 0 Å². The molecule has 0 saturated heterocycles. The highest BCUT2D eigenvalue weighted by Crippen LogP contribution is 2.25. The quantitative estimate of drug-likeness (QED) is 0.453. The van der Waals surface area contributed by atoms with Crippen molar-refractivity contribution in [1.29, 1.82) is 0 Å². The second-order valence-corrected chi connectivity index (χ2v) is 8.62. The molecule has 0 spiro atoms. The van der Waals surface area contributed by atoms with E-state index in [0.717, 1.165) is 21.6 Å². The van der Waals surface area contributed by atoms with Gasteiger partial charge in [-0.15, -0.1) is 0 Å². The number of carbonyl (C=O) groups is 3. The number of imide groups is 1. The smallest absolute Gasteiger partial charge is 0.278 e. The van der Waals surface area contributed by atoms with Crippen LogP contribution >= 0.6 is 23.2 Å². The number of anilines is 1. The van der Waals surface area contributed by atoms with Crippen LogP contribution in [0, 0.1) is 6.92 Å². The molecule has 4 rings (SSSR count). The van der Waals surface area contributed by atoms with Crippen LogP contribution in [0.25, 0.3) is 0 Å². The summed E-state index contributed by atoms with van der Waals surface area (Å²) in [5.74, 6) is -1.26. The lowest BCUT2D eigenvalue weighted by Gasteiger charge is -2.15. The number of aryl methyl sites for hydroxylation is 1. The van der Waals surface area contributed by atoms with Gasteiger partial charge in [0, 0.05) is 22.8 Å². The maximum Gasteiger partial charge on any atom is 0.278 e. The molecule has 6 nitrogen and oxygen atoms in total. The Balaban J connectivity index is 1.37. The molecule has 0 saturated carbocycles. The Kier molecular flexibility index (Phi) is 7.01. The molecule has 1 heterocycles. The topological polar surface area (TPSA) is 78.5 Å². The largest absolute Gasteiger partial charge is 0.375 e. The molecular weight excluding hydrogens is 473 g/mol. The van der Waals surface area contributed by atoms with Crippen molar-refractivity contribution in [3.05, 3.63) is 111 Å². The summed E-state index contributed by atoms with van der Waals surface area (Å²) in [5, 5.41) is 6.22. The standard InChI is InChI=1S/C26H21Cl2N3O3/c1-16-7-12-20(13-21(16)27)30-24(32)19-10-8-17(9-11-19)14-29-23-22(28)25(33)31(26(23)34)15-18-5-3-2-4-6-18/h2-13,29H,14-15H2,1H3,(H,30,32). The van der Waals surface area contributed by atoms with Crippen molar-refractivity contribution in [2.45, 2.75) is 20.0 Å². The van der Waals surface area contributed by atoms with E-state index in [4.69, 9.17) is 23.2 Å². The first-order chi connectivity index (χ1) is 16.3. The van der Waals surface area contributed by atoms with Gasteiger partial charge in [-0.1, -0.05) is 71.7 Å². The van der Waals surface area contributed by atoms with Gasteiger partial charge in [0.15, 0.2) is 0 Å². The van der Waals surface area contributed by atoms with Crippen LogP contribution in [0.15, 0.2) is 83.5 Å². The second-order valence-electron chi connectivity index (χ2n) is 7.84. The Morgan fingerprint density at radius 1 is 0.882 bits per heavy atom. The maximum absolute atomic E-state index is 12.8. The fourth-order valence-corrected chi connectivity index (χ4v) is 3.88. The van der Waals surface area contributed by atoms with Gasteiger partial charge < -0.3 is 10.6 Å². The highest BCUT2D eigenvalue weighted by molar-refractivity contribution is 6.47. The van der Waals surface area contributed by atoms with Crippen LogP contribution in [0.1, 0.15) is 27.0 Å². The highest BCUT2D eigenvalue weighted by Gasteiger charge is 2.37. The van der Waals surface area contributed by atoms with E-state index >= 15 is 0 Å². The Morgan fingerprint density at radius 2 is 1.59 bits per heavy atom. The van der Waals surface area contributed by atoms with Crippen LogP contribution < -0.4 is 10.6 Å². The van der Waals surface area contributed by atoms with Crippen LogP contribution in [-0.2, 0) is 22.7 Å². The van der Waals surface area contributed by atoms with Gasteiger partial charge in [-0.05, 0) is 47.9 Å². The van der Waals surface area contributed by atoms with E-state index in [1.807, 2.05) is 43.3 Å². The van der Waals surface area contributed by atoms with E-state index in [-0.39, 0.29) is 29.7 Å². The molecule has 0 fully saturated rings. The van der Waals surface area contributed by atoms with Crippen LogP contribution in [0.2, 0.25) is 5.02 Å². The summed E-state index contributed by atoms with van der Waals surface area (Å²) >= 11 is 12.3. The monoisotopic (exact) mass is 493 g/mol. The van der Waals surface area contributed by atoms with Crippen molar-refractivity contribution < 1.29 is 14.4 Å². The van der Waals surface area contributed by atoms with E-state index in [1.165, 1.54) is 0 Å². The third-order valence-electron chi connectivity index (χ3n) is 5.41. The Morgan fingerprint density at radius 3 is 2.26 bits per heavy atom. The van der Waals surface area contributed by atoms with E-state index in [2.05, 4.69) is 10.6 Å². The van der Waals surface area contributed by atoms with Crippen molar-refractivity contribution >= 4 is 46.6 Å². The molecule has 2 N–H and O–H groups in total. The summed E-state index contributed by atoms with van der Waals surface area (Å²) in [6, 6.07) is 21.4. The number of hydrogen-bond acceptors (Lipinski definition) is 4. The average Bonchev–Trinajstić information content (AvgIpc) is 3.04. The average molecular weight is 494 g/mol. The molecule has 0 aliphatic carbocycles. The number of carbonyl (C=O) groups excluding carboxylic acids is 3. The van der Waals surface area contributed by atoms with Gasteiger partial charge in [0.05, 0.1) is 6.54 Å². The third kappa shape index (κ3) is 5.14.